The summed E-state index contributed by atoms with van der Waals surface area (Å²) in [5.74, 6) is -0.223. The van der Waals surface area contributed by atoms with Crippen molar-refractivity contribution in [3.05, 3.63) is 65.4 Å². The zero-order valence-electron chi connectivity index (χ0n) is 16.9. The number of hydrazone groups is 1. The Labute approximate surface area is 186 Å². The van der Waals surface area contributed by atoms with Gasteiger partial charge in [0.15, 0.2) is 16.6 Å². The van der Waals surface area contributed by atoms with E-state index in [1.165, 1.54) is 16.8 Å². The van der Waals surface area contributed by atoms with Gasteiger partial charge in [0.2, 0.25) is 0 Å². The van der Waals surface area contributed by atoms with Gasteiger partial charge in [-0.2, -0.15) is 23.4 Å². The summed E-state index contributed by atoms with van der Waals surface area (Å²) in [6.07, 6.45) is -3.72. The number of aldehydes is 1. The molecule has 0 fully saturated rings. The SMILES string of the molecule is C/C(=N\NC(=S)Nc1ccc(C=O)cc1)c1nn(C)c(-c2ccc(C(F)(F)F)cc2)c1O. The molecule has 3 rings (SSSR count). The predicted octanol–water partition coefficient (Wildman–Crippen LogP) is 4.33. The number of carbonyl (C=O) groups is 1. The Morgan fingerprint density at radius 2 is 1.78 bits per heavy atom. The summed E-state index contributed by atoms with van der Waals surface area (Å²) >= 11 is 5.17. The first kappa shape index (κ1) is 22.9. The number of halogens is 3. The van der Waals surface area contributed by atoms with Crippen LogP contribution in [0.15, 0.2) is 53.6 Å². The van der Waals surface area contributed by atoms with Crippen LogP contribution in [0.2, 0.25) is 0 Å². The summed E-state index contributed by atoms with van der Waals surface area (Å²) in [7, 11) is 1.56. The first-order chi connectivity index (χ1) is 15.1. The summed E-state index contributed by atoms with van der Waals surface area (Å²) in [5.41, 5.74) is 4.08. The normalized spacial score (nSPS) is 11.8. The standard InChI is InChI=1S/C21H18F3N5O2S/c1-12(26-27-20(32)25-16-9-3-13(11-30)4-10-16)17-19(31)18(29(2)28-17)14-5-7-15(8-6-14)21(22,23)24/h3-11,31H,1-2H3,(H2,25,27,32)/b26-12+. The molecule has 0 saturated heterocycles. The molecule has 0 aliphatic rings. The monoisotopic (exact) mass is 461 g/mol. The van der Waals surface area contributed by atoms with Gasteiger partial charge in [-0.15, -0.1) is 0 Å². The Kier molecular flexibility index (Phi) is 6.58. The predicted molar refractivity (Wildman–Crippen MR) is 119 cm³/mol. The van der Waals surface area contributed by atoms with Gasteiger partial charge in [-0.3, -0.25) is 14.9 Å². The van der Waals surface area contributed by atoms with Gasteiger partial charge >= 0.3 is 6.18 Å². The van der Waals surface area contributed by atoms with Gasteiger partial charge in [0.05, 0.1) is 11.3 Å². The van der Waals surface area contributed by atoms with Crippen molar-refractivity contribution in [3.8, 4) is 17.0 Å². The highest BCUT2D eigenvalue weighted by Gasteiger charge is 2.30. The van der Waals surface area contributed by atoms with Crippen LogP contribution in [0.4, 0.5) is 18.9 Å². The third kappa shape index (κ3) is 5.11. The van der Waals surface area contributed by atoms with Crippen molar-refractivity contribution < 1.29 is 23.1 Å². The fourth-order valence-electron chi connectivity index (χ4n) is 2.89. The van der Waals surface area contributed by atoms with Crippen LogP contribution in [0.25, 0.3) is 11.3 Å². The molecule has 32 heavy (non-hydrogen) atoms. The molecular formula is C21H18F3N5O2S. The molecule has 1 aromatic heterocycles. The minimum absolute atomic E-state index is 0.146. The minimum Gasteiger partial charge on any atom is -0.504 e. The fourth-order valence-corrected chi connectivity index (χ4v) is 3.05. The number of alkyl halides is 3. The molecule has 0 spiro atoms. The van der Waals surface area contributed by atoms with Gasteiger partial charge < -0.3 is 10.4 Å². The molecule has 0 aliphatic heterocycles. The second-order valence-corrected chi connectivity index (χ2v) is 7.16. The number of aromatic nitrogens is 2. The highest BCUT2D eigenvalue weighted by Crippen LogP contribution is 2.35. The van der Waals surface area contributed by atoms with E-state index in [2.05, 4.69) is 20.9 Å². The summed E-state index contributed by atoms with van der Waals surface area (Å²) in [5, 5.41) is 22.0. The quantitative estimate of drug-likeness (QED) is 0.227. The zero-order valence-corrected chi connectivity index (χ0v) is 17.8. The van der Waals surface area contributed by atoms with Crippen molar-refractivity contribution in [2.75, 3.05) is 5.32 Å². The van der Waals surface area contributed by atoms with E-state index >= 15 is 0 Å². The van der Waals surface area contributed by atoms with E-state index in [9.17, 15) is 23.1 Å². The van der Waals surface area contributed by atoms with Gasteiger partial charge in [-0.25, -0.2) is 0 Å². The number of anilines is 1. The highest BCUT2D eigenvalue weighted by atomic mass is 32.1. The minimum atomic E-state index is -4.45. The first-order valence-electron chi connectivity index (χ1n) is 9.20. The third-order valence-electron chi connectivity index (χ3n) is 4.48. The number of benzene rings is 2. The molecule has 7 nitrogen and oxygen atoms in total. The maximum absolute atomic E-state index is 12.8. The third-order valence-corrected chi connectivity index (χ3v) is 4.67. The van der Waals surface area contributed by atoms with Gasteiger partial charge in [-0.05, 0) is 55.5 Å². The summed E-state index contributed by atoms with van der Waals surface area (Å²) in [6, 6.07) is 11.0. The van der Waals surface area contributed by atoms with E-state index in [4.69, 9.17) is 12.2 Å². The average Bonchev–Trinajstić information content (AvgIpc) is 3.06. The van der Waals surface area contributed by atoms with E-state index in [1.54, 1.807) is 38.2 Å². The molecule has 166 valence electrons. The lowest BCUT2D eigenvalue weighted by atomic mass is 10.1. The molecule has 3 aromatic rings. The average molecular weight is 461 g/mol. The molecule has 0 aliphatic carbocycles. The van der Waals surface area contributed by atoms with Gasteiger partial charge in [0.25, 0.3) is 0 Å². The number of nitrogens with one attached hydrogen (secondary N) is 2. The van der Waals surface area contributed by atoms with Crippen molar-refractivity contribution in [2.24, 2.45) is 12.1 Å². The van der Waals surface area contributed by atoms with Crippen LogP contribution in [0.5, 0.6) is 5.75 Å². The number of nitrogens with zero attached hydrogens (tertiary/aromatic N) is 3. The number of hydrogen-bond donors (Lipinski definition) is 3. The van der Waals surface area contributed by atoms with Crippen LogP contribution >= 0.6 is 12.2 Å². The second-order valence-electron chi connectivity index (χ2n) is 6.75. The molecule has 0 unspecified atom stereocenters. The Hall–Kier alpha value is -3.73. The molecule has 2 aromatic carbocycles. The van der Waals surface area contributed by atoms with Crippen molar-refractivity contribution in [1.82, 2.24) is 15.2 Å². The van der Waals surface area contributed by atoms with Crippen LogP contribution < -0.4 is 10.7 Å². The lowest BCUT2D eigenvalue weighted by Gasteiger charge is -2.08. The Morgan fingerprint density at radius 1 is 1.16 bits per heavy atom. The number of hydrogen-bond acceptors (Lipinski definition) is 5. The van der Waals surface area contributed by atoms with E-state index in [0.717, 1.165) is 18.4 Å². The van der Waals surface area contributed by atoms with Crippen LogP contribution in [-0.4, -0.2) is 32.0 Å². The fraction of sp³-hybridized carbons (Fsp3) is 0.143. The second kappa shape index (κ2) is 9.18. The number of carbonyl (C=O) groups excluding carboxylic acids is 1. The molecule has 0 saturated carbocycles. The smallest absolute Gasteiger partial charge is 0.416 e. The highest BCUT2D eigenvalue weighted by molar-refractivity contribution is 7.80. The van der Waals surface area contributed by atoms with Crippen molar-refractivity contribution in [1.29, 1.82) is 0 Å². The Bertz CT molecular complexity index is 1170. The van der Waals surface area contributed by atoms with Gasteiger partial charge in [0.1, 0.15) is 12.0 Å². The van der Waals surface area contributed by atoms with Crippen LogP contribution in [0.3, 0.4) is 0 Å². The number of aromatic hydroxyl groups is 1. The van der Waals surface area contributed by atoms with Gasteiger partial charge in [-0.1, -0.05) is 12.1 Å². The summed E-state index contributed by atoms with van der Waals surface area (Å²) < 4.78 is 39.7. The number of aryl methyl sites for hydroxylation is 1. The van der Waals surface area contributed by atoms with Crippen molar-refractivity contribution in [2.45, 2.75) is 13.1 Å². The molecular weight excluding hydrogens is 443 g/mol. The Balaban J connectivity index is 1.75. The van der Waals surface area contributed by atoms with Crippen molar-refractivity contribution >= 4 is 35.0 Å². The summed E-state index contributed by atoms with van der Waals surface area (Å²) in [6.45, 7) is 1.59. The van der Waals surface area contributed by atoms with E-state index in [1.807, 2.05) is 0 Å². The molecule has 0 bridgehead atoms. The molecule has 0 amide bonds. The molecule has 0 atom stereocenters. The summed E-state index contributed by atoms with van der Waals surface area (Å²) in [4.78, 5) is 10.7. The van der Waals surface area contributed by atoms with E-state index in [-0.39, 0.29) is 22.2 Å². The number of rotatable bonds is 5. The topological polar surface area (TPSA) is 91.5 Å². The van der Waals surface area contributed by atoms with Crippen LogP contribution in [0, 0.1) is 0 Å². The first-order valence-corrected chi connectivity index (χ1v) is 9.61. The molecule has 0 radical (unpaired) electrons. The molecule has 11 heteroatoms. The maximum Gasteiger partial charge on any atom is 0.416 e. The van der Waals surface area contributed by atoms with E-state index < -0.39 is 11.7 Å². The van der Waals surface area contributed by atoms with Crippen molar-refractivity contribution in [3.63, 3.8) is 0 Å². The lowest BCUT2D eigenvalue weighted by molar-refractivity contribution is -0.137. The van der Waals surface area contributed by atoms with Gasteiger partial charge in [0, 0.05) is 23.9 Å². The molecule has 3 N–H and O–H groups in total. The van der Waals surface area contributed by atoms with Crippen LogP contribution in [-0.2, 0) is 13.2 Å². The number of thiocarbonyl (C=S) groups is 1. The molecule has 1 heterocycles. The van der Waals surface area contributed by atoms with E-state index in [0.29, 0.717) is 22.5 Å². The maximum atomic E-state index is 12.8. The zero-order chi connectivity index (χ0) is 23.5. The lowest BCUT2D eigenvalue weighted by Crippen LogP contribution is -2.25. The van der Waals surface area contributed by atoms with Crippen LogP contribution in [0.1, 0.15) is 28.5 Å². The Morgan fingerprint density at radius 3 is 2.34 bits per heavy atom. The largest absolute Gasteiger partial charge is 0.504 e.